The number of carbonyl (C=O) groups is 1. The minimum atomic E-state index is -1.34. The average Bonchev–Trinajstić information content (AvgIpc) is 1.88. The highest BCUT2D eigenvalue weighted by atomic mass is 16.7. The van der Waals surface area contributed by atoms with E-state index in [9.17, 15) is 4.79 Å². The van der Waals surface area contributed by atoms with Gasteiger partial charge in [-0.3, -0.25) is 0 Å². The number of terminal acetylenes is 2. The summed E-state index contributed by atoms with van der Waals surface area (Å²) >= 11 is 0. The van der Waals surface area contributed by atoms with Crippen molar-refractivity contribution >= 4 is 6.16 Å². The van der Waals surface area contributed by atoms with E-state index in [1.54, 1.807) is 0 Å². The first-order valence-corrected chi connectivity index (χ1v) is 1.90. The summed E-state index contributed by atoms with van der Waals surface area (Å²) in [6.45, 7) is -0.171. The normalized spacial score (nSPS) is 5.44. The summed E-state index contributed by atoms with van der Waals surface area (Å²) in [5.41, 5.74) is 0. The summed E-state index contributed by atoms with van der Waals surface area (Å²) in [7, 11) is 0. The van der Waals surface area contributed by atoms with E-state index in [4.69, 9.17) is 5.11 Å². The standard InChI is InChI=1S/C4H4O3.C2H2/c1-2-3-7-4(5)6;1-2/h1H,3H2,(H,5,6);1-2H. The van der Waals surface area contributed by atoms with Crippen LogP contribution in [0.2, 0.25) is 0 Å². The van der Waals surface area contributed by atoms with Crippen molar-refractivity contribution in [1.82, 2.24) is 0 Å². The summed E-state index contributed by atoms with van der Waals surface area (Å²) in [6, 6.07) is 0. The molecule has 0 unspecified atom stereocenters. The first kappa shape index (κ1) is 10.4. The second-order valence-corrected chi connectivity index (χ2v) is 0.759. The monoisotopic (exact) mass is 126 g/mol. The Morgan fingerprint density at radius 3 is 2.22 bits per heavy atom. The van der Waals surface area contributed by atoms with Crippen LogP contribution in [0.15, 0.2) is 0 Å². The van der Waals surface area contributed by atoms with Crippen molar-refractivity contribution in [3.63, 3.8) is 0 Å². The van der Waals surface area contributed by atoms with E-state index in [0.29, 0.717) is 0 Å². The Balaban J connectivity index is 0. The van der Waals surface area contributed by atoms with Crippen LogP contribution in [0.25, 0.3) is 0 Å². The van der Waals surface area contributed by atoms with Gasteiger partial charge in [0.15, 0.2) is 6.61 Å². The number of ether oxygens (including phenoxy) is 1. The van der Waals surface area contributed by atoms with E-state index < -0.39 is 6.16 Å². The average molecular weight is 126 g/mol. The molecule has 0 amide bonds. The van der Waals surface area contributed by atoms with Gasteiger partial charge in [0, 0.05) is 0 Å². The first-order chi connectivity index (χ1) is 4.27. The zero-order chi connectivity index (χ0) is 7.70. The molecule has 0 aromatic carbocycles. The highest BCUT2D eigenvalue weighted by molar-refractivity contribution is 5.56. The lowest BCUT2D eigenvalue weighted by atomic mass is 10.8. The Morgan fingerprint density at radius 2 is 2.11 bits per heavy atom. The van der Waals surface area contributed by atoms with Crippen LogP contribution < -0.4 is 0 Å². The molecule has 1 N–H and O–H groups in total. The van der Waals surface area contributed by atoms with Crippen molar-refractivity contribution in [2.24, 2.45) is 0 Å². The van der Waals surface area contributed by atoms with Gasteiger partial charge < -0.3 is 9.84 Å². The van der Waals surface area contributed by atoms with Gasteiger partial charge >= 0.3 is 6.16 Å². The molecule has 3 nitrogen and oxygen atoms in total. The van der Waals surface area contributed by atoms with E-state index in [-0.39, 0.29) is 6.61 Å². The van der Waals surface area contributed by atoms with Gasteiger partial charge in [-0.2, -0.15) is 0 Å². The molecule has 48 valence electrons. The molecule has 0 aromatic heterocycles. The number of hydrogen-bond acceptors (Lipinski definition) is 2. The maximum Gasteiger partial charge on any atom is 0.506 e. The van der Waals surface area contributed by atoms with Gasteiger partial charge in [0.1, 0.15) is 0 Å². The fourth-order valence-corrected chi connectivity index (χ4v) is 0.103. The van der Waals surface area contributed by atoms with Gasteiger partial charge in [-0.25, -0.2) is 4.79 Å². The fraction of sp³-hybridized carbons (Fsp3) is 0.167. The van der Waals surface area contributed by atoms with Crippen molar-refractivity contribution in [3.05, 3.63) is 0 Å². The smallest absolute Gasteiger partial charge is 0.450 e. The van der Waals surface area contributed by atoms with Crippen LogP contribution >= 0.6 is 0 Å². The van der Waals surface area contributed by atoms with Crippen LogP contribution in [-0.2, 0) is 4.74 Å². The fourth-order valence-electron chi connectivity index (χ4n) is 0.103. The van der Waals surface area contributed by atoms with E-state index in [2.05, 4.69) is 24.0 Å². The quantitative estimate of drug-likeness (QED) is 0.412. The Hall–Kier alpha value is -1.61. The summed E-state index contributed by atoms with van der Waals surface area (Å²) < 4.78 is 3.87. The molecule has 0 aromatic rings. The molecule has 0 bridgehead atoms. The van der Waals surface area contributed by atoms with Crippen LogP contribution in [0.4, 0.5) is 4.79 Å². The molecule has 9 heavy (non-hydrogen) atoms. The topological polar surface area (TPSA) is 46.5 Å². The van der Waals surface area contributed by atoms with Crippen LogP contribution in [0.3, 0.4) is 0 Å². The predicted molar refractivity (Wildman–Crippen MR) is 32.7 cm³/mol. The zero-order valence-corrected chi connectivity index (χ0v) is 4.70. The highest BCUT2D eigenvalue weighted by Gasteiger charge is 1.88. The van der Waals surface area contributed by atoms with Gasteiger partial charge in [-0.15, -0.1) is 19.3 Å². The number of hydrogen-bond donors (Lipinski definition) is 1. The molecule has 0 heterocycles. The Morgan fingerprint density at radius 1 is 1.67 bits per heavy atom. The summed E-state index contributed by atoms with van der Waals surface area (Å²) in [4.78, 5) is 9.44. The molecule has 0 atom stereocenters. The lowest BCUT2D eigenvalue weighted by Crippen LogP contribution is -1.98. The maximum absolute atomic E-state index is 9.44. The van der Waals surface area contributed by atoms with E-state index >= 15 is 0 Å². The summed E-state index contributed by atoms with van der Waals surface area (Å²) in [6.07, 6.45) is 11.3. The van der Waals surface area contributed by atoms with Crippen molar-refractivity contribution in [2.45, 2.75) is 0 Å². The molecule has 0 saturated heterocycles. The Bertz CT molecular complexity index is 129. The third-order valence-corrected chi connectivity index (χ3v) is 0.279. The van der Waals surface area contributed by atoms with Crippen molar-refractivity contribution in [1.29, 1.82) is 0 Å². The molecule has 0 radical (unpaired) electrons. The minimum absolute atomic E-state index is 0.171. The van der Waals surface area contributed by atoms with Gasteiger partial charge in [0.25, 0.3) is 0 Å². The van der Waals surface area contributed by atoms with E-state index in [1.165, 1.54) is 0 Å². The SMILES string of the molecule is C#C.C#CCOC(=O)O. The highest BCUT2D eigenvalue weighted by Crippen LogP contribution is 1.70. The number of rotatable bonds is 1. The summed E-state index contributed by atoms with van der Waals surface area (Å²) in [5.74, 6) is 2.00. The van der Waals surface area contributed by atoms with Gasteiger partial charge in [0.2, 0.25) is 0 Å². The van der Waals surface area contributed by atoms with E-state index in [0.717, 1.165) is 0 Å². The van der Waals surface area contributed by atoms with E-state index in [1.807, 2.05) is 5.92 Å². The number of carboxylic acid groups (broad SMARTS) is 1. The third kappa shape index (κ3) is 21.6. The molecule has 0 aliphatic rings. The molecular weight excluding hydrogens is 120 g/mol. The molecule has 0 spiro atoms. The van der Waals surface area contributed by atoms with Crippen molar-refractivity contribution in [2.75, 3.05) is 6.61 Å². The van der Waals surface area contributed by atoms with Gasteiger partial charge in [-0.05, 0) is 0 Å². The predicted octanol–water partition coefficient (Wildman–Crippen LogP) is 0.564. The summed E-state index contributed by atoms with van der Waals surface area (Å²) in [5, 5.41) is 7.73. The van der Waals surface area contributed by atoms with Crippen LogP contribution in [0.1, 0.15) is 0 Å². The molecular formula is C6H6O3. The van der Waals surface area contributed by atoms with Gasteiger partial charge in [0.05, 0.1) is 0 Å². The second-order valence-electron chi connectivity index (χ2n) is 0.759. The molecule has 0 fully saturated rings. The zero-order valence-electron chi connectivity index (χ0n) is 4.70. The molecule has 0 saturated carbocycles. The van der Waals surface area contributed by atoms with Crippen LogP contribution in [0.5, 0.6) is 0 Å². The first-order valence-electron chi connectivity index (χ1n) is 1.90. The van der Waals surface area contributed by atoms with Crippen LogP contribution in [-0.4, -0.2) is 17.9 Å². The maximum atomic E-state index is 9.44. The molecule has 3 heteroatoms. The molecule has 0 aliphatic carbocycles. The van der Waals surface area contributed by atoms with Gasteiger partial charge in [-0.1, -0.05) is 5.92 Å². The lowest BCUT2D eigenvalue weighted by molar-refractivity contribution is 0.103. The minimum Gasteiger partial charge on any atom is -0.450 e. The van der Waals surface area contributed by atoms with Crippen molar-refractivity contribution < 1.29 is 14.6 Å². The lowest BCUT2D eigenvalue weighted by Gasteiger charge is -1.87. The Kier molecular flexibility index (Phi) is 11.1. The largest absolute Gasteiger partial charge is 0.506 e. The molecule has 0 rings (SSSR count). The van der Waals surface area contributed by atoms with Crippen molar-refractivity contribution in [3.8, 4) is 25.2 Å². The van der Waals surface area contributed by atoms with Crippen LogP contribution in [0, 0.1) is 25.2 Å². The Labute approximate surface area is 53.6 Å². The molecule has 0 aliphatic heterocycles. The second kappa shape index (κ2) is 9.63. The third-order valence-electron chi connectivity index (χ3n) is 0.279.